The maximum absolute atomic E-state index is 12.2. The lowest BCUT2D eigenvalue weighted by atomic mass is 9.93. The summed E-state index contributed by atoms with van der Waals surface area (Å²) in [6.07, 6.45) is 0.424. The summed E-state index contributed by atoms with van der Waals surface area (Å²) in [5, 5.41) is 0. The van der Waals surface area contributed by atoms with Crippen LogP contribution in [0, 0.1) is 0 Å². The van der Waals surface area contributed by atoms with E-state index in [2.05, 4.69) is 4.99 Å². The van der Waals surface area contributed by atoms with Crippen LogP contribution >= 0.6 is 12.4 Å². The number of fused-ring (bicyclic) bond motifs is 1. The highest BCUT2D eigenvalue weighted by molar-refractivity contribution is 6.15. The Morgan fingerprint density at radius 3 is 2.40 bits per heavy atom. The number of halogens is 1. The predicted octanol–water partition coefficient (Wildman–Crippen LogP) is 2.77. The molecule has 2 rings (SSSR count). The first kappa shape index (κ1) is 21.0. The molecule has 0 saturated carbocycles. The molecule has 0 spiro atoms. The van der Waals surface area contributed by atoms with Crippen molar-refractivity contribution in [3.05, 3.63) is 23.3 Å². The van der Waals surface area contributed by atoms with Crippen molar-refractivity contribution in [2.75, 3.05) is 20.8 Å². The molecule has 6 nitrogen and oxygen atoms in total. The lowest BCUT2D eigenvalue weighted by Crippen LogP contribution is -2.20. The number of methoxy groups -OCH3 is 2. The van der Waals surface area contributed by atoms with Gasteiger partial charge in [0, 0.05) is 24.2 Å². The number of benzene rings is 1. The predicted molar refractivity (Wildman–Crippen MR) is 97.4 cm³/mol. The zero-order valence-corrected chi connectivity index (χ0v) is 15.8. The summed E-state index contributed by atoms with van der Waals surface area (Å²) in [7, 11) is 3.16. The Balaban J connectivity index is 0.00000312. The standard InChI is InChI=1S/C18H23NO5.ClH/c1-11(2)24-18(21)9-13(20)8-15-14-10-17(23-4)16(22-3)7-12(14)5-6-19-15;/h7,10-11H,5-6,8-9H2,1-4H3;1H. The molecule has 0 aliphatic carbocycles. The topological polar surface area (TPSA) is 74.2 Å². The van der Waals surface area contributed by atoms with Gasteiger partial charge in [0.2, 0.25) is 0 Å². The largest absolute Gasteiger partial charge is 0.493 e. The van der Waals surface area contributed by atoms with E-state index < -0.39 is 5.97 Å². The summed E-state index contributed by atoms with van der Waals surface area (Å²) in [6, 6.07) is 3.76. The minimum atomic E-state index is -0.501. The van der Waals surface area contributed by atoms with Crippen LogP contribution in [0.1, 0.15) is 37.8 Å². The van der Waals surface area contributed by atoms with Crippen molar-refractivity contribution >= 4 is 29.9 Å². The third kappa shape index (κ3) is 5.46. The molecule has 1 aromatic carbocycles. The minimum Gasteiger partial charge on any atom is -0.493 e. The Kier molecular flexibility index (Phi) is 7.90. The molecule has 1 aromatic rings. The van der Waals surface area contributed by atoms with Crippen molar-refractivity contribution in [1.82, 2.24) is 0 Å². The van der Waals surface area contributed by atoms with Gasteiger partial charge < -0.3 is 14.2 Å². The van der Waals surface area contributed by atoms with Crippen molar-refractivity contribution in [2.24, 2.45) is 4.99 Å². The van der Waals surface area contributed by atoms with Crippen LogP contribution in [-0.2, 0) is 20.7 Å². The van der Waals surface area contributed by atoms with E-state index in [-0.39, 0.29) is 37.1 Å². The van der Waals surface area contributed by atoms with Gasteiger partial charge in [-0.05, 0) is 38.0 Å². The van der Waals surface area contributed by atoms with Crippen LogP contribution in [0.25, 0.3) is 0 Å². The number of Topliss-reactive ketones (excluding diaryl/α,β-unsaturated/α-hetero) is 1. The van der Waals surface area contributed by atoms with E-state index in [4.69, 9.17) is 14.2 Å². The van der Waals surface area contributed by atoms with Gasteiger partial charge in [-0.15, -0.1) is 12.4 Å². The third-order valence-electron chi connectivity index (χ3n) is 3.68. The Morgan fingerprint density at radius 2 is 1.80 bits per heavy atom. The maximum atomic E-state index is 12.2. The third-order valence-corrected chi connectivity index (χ3v) is 3.68. The Labute approximate surface area is 154 Å². The fourth-order valence-corrected chi connectivity index (χ4v) is 2.66. The lowest BCUT2D eigenvalue weighted by molar-refractivity contribution is -0.149. The molecule has 0 amide bonds. The van der Waals surface area contributed by atoms with Crippen molar-refractivity contribution in [1.29, 1.82) is 0 Å². The first-order valence-electron chi connectivity index (χ1n) is 7.94. The fraction of sp³-hybridized carbons (Fsp3) is 0.500. The van der Waals surface area contributed by atoms with Crippen molar-refractivity contribution in [2.45, 2.75) is 39.2 Å². The zero-order valence-electron chi connectivity index (χ0n) is 15.0. The normalized spacial score (nSPS) is 12.6. The number of carbonyl (C=O) groups excluding carboxylic acids is 2. The van der Waals surface area contributed by atoms with Crippen LogP contribution in [0.2, 0.25) is 0 Å². The summed E-state index contributed by atoms with van der Waals surface area (Å²) < 4.78 is 15.7. The number of nitrogens with zero attached hydrogens (tertiary/aromatic N) is 1. The summed E-state index contributed by atoms with van der Waals surface area (Å²) in [5.41, 5.74) is 2.62. The Hall–Kier alpha value is -2.08. The second-order valence-corrected chi connectivity index (χ2v) is 5.87. The lowest BCUT2D eigenvalue weighted by Gasteiger charge is -2.19. The quantitative estimate of drug-likeness (QED) is 0.545. The average Bonchev–Trinajstić information content (AvgIpc) is 2.52. The summed E-state index contributed by atoms with van der Waals surface area (Å²) >= 11 is 0. The molecule has 0 N–H and O–H groups in total. The Bertz CT molecular complexity index is 670. The summed E-state index contributed by atoms with van der Waals surface area (Å²) in [5.74, 6) is 0.544. The summed E-state index contributed by atoms with van der Waals surface area (Å²) in [6.45, 7) is 4.12. The molecule has 138 valence electrons. The van der Waals surface area contributed by atoms with Gasteiger partial charge in [-0.3, -0.25) is 14.6 Å². The second kappa shape index (κ2) is 9.42. The van der Waals surface area contributed by atoms with Gasteiger partial charge in [-0.2, -0.15) is 0 Å². The molecule has 1 aliphatic rings. The van der Waals surface area contributed by atoms with Gasteiger partial charge in [0.05, 0.1) is 20.3 Å². The smallest absolute Gasteiger partial charge is 0.313 e. The maximum Gasteiger partial charge on any atom is 0.313 e. The van der Waals surface area contributed by atoms with Gasteiger partial charge in [-0.1, -0.05) is 0 Å². The van der Waals surface area contributed by atoms with Gasteiger partial charge in [-0.25, -0.2) is 0 Å². The van der Waals surface area contributed by atoms with Crippen molar-refractivity contribution in [3.63, 3.8) is 0 Å². The second-order valence-electron chi connectivity index (χ2n) is 5.87. The van der Waals surface area contributed by atoms with E-state index in [1.165, 1.54) is 0 Å². The van der Waals surface area contributed by atoms with Crippen LogP contribution in [0.5, 0.6) is 11.5 Å². The minimum absolute atomic E-state index is 0. The van der Waals surface area contributed by atoms with E-state index in [9.17, 15) is 9.59 Å². The number of carbonyl (C=O) groups is 2. The van der Waals surface area contributed by atoms with Gasteiger partial charge >= 0.3 is 5.97 Å². The molecule has 0 unspecified atom stereocenters. The van der Waals surface area contributed by atoms with E-state index in [0.717, 1.165) is 17.5 Å². The van der Waals surface area contributed by atoms with E-state index in [1.807, 2.05) is 12.1 Å². The monoisotopic (exact) mass is 369 g/mol. The van der Waals surface area contributed by atoms with Crippen LogP contribution in [-0.4, -0.2) is 44.3 Å². The number of ether oxygens (including phenoxy) is 3. The number of hydrogen-bond acceptors (Lipinski definition) is 6. The number of hydrogen-bond donors (Lipinski definition) is 0. The van der Waals surface area contributed by atoms with Crippen LogP contribution in [0.3, 0.4) is 0 Å². The molecule has 0 radical (unpaired) electrons. The fourth-order valence-electron chi connectivity index (χ4n) is 2.66. The zero-order chi connectivity index (χ0) is 17.7. The van der Waals surface area contributed by atoms with Gasteiger partial charge in [0.15, 0.2) is 11.5 Å². The van der Waals surface area contributed by atoms with E-state index >= 15 is 0 Å². The van der Waals surface area contributed by atoms with Gasteiger partial charge in [0.1, 0.15) is 12.2 Å². The highest BCUT2D eigenvalue weighted by Gasteiger charge is 2.22. The van der Waals surface area contributed by atoms with Crippen molar-refractivity contribution < 1.29 is 23.8 Å². The molecule has 0 saturated heterocycles. The van der Waals surface area contributed by atoms with E-state index in [0.29, 0.717) is 23.8 Å². The molecule has 0 bridgehead atoms. The molecule has 1 heterocycles. The Morgan fingerprint density at radius 1 is 1.16 bits per heavy atom. The number of ketones is 1. The number of rotatable bonds is 7. The van der Waals surface area contributed by atoms with Crippen LogP contribution in [0.4, 0.5) is 0 Å². The summed E-state index contributed by atoms with van der Waals surface area (Å²) in [4.78, 5) is 28.2. The first-order chi connectivity index (χ1) is 11.4. The molecular formula is C18H24ClNO5. The molecule has 0 aromatic heterocycles. The van der Waals surface area contributed by atoms with Gasteiger partial charge in [0.25, 0.3) is 0 Å². The highest BCUT2D eigenvalue weighted by Crippen LogP contribution is 2.33. The molecular weight excluding hydrogens is 346 g/mol. The average molecular weight is 370 g/mol. The molecule has 25 heavy (non-hydrogen) atoms. The molecule has 1 aliphatic heterocycles. The number of aliphatic imine (C=N–C) groups is 1. The molecule has 7 heteroatoms. The SMILES string of the molecule is COc1cc2c(cc1OC)C(CC(=O)CC(=O)OC(C)C)=NCC2.Cl. The molecule has 0 atom stereocenters. The highest BCUT2D eigenvalue weighted by atomic mass is 35.5. The first-order valence-corrected chi connectivity index (χ1v) is 7.94. The van der Waals surface area contributed by atoms with E-state index in [1.54, 1.807) is 28.1 Å². The van der Waals surface area contributed by atoms with Crippen molar-refractivity contribution in [3.8, 4) is 11.5 Å². The van der Waals surface area contributed by atoms with Crippen LogP contribution < -0.4 is 9.47 Å². The van der Waals surface area contributed by atoms with Crippen LogP contribution in [0.15, 0.2) is 17.1 Å². The molecule has 0 fully saturated rings. The number of esters is 1.